The number of fused-ring (bicyclic) bond motifs is 1. The molecule has 7 heteroatoms. The molecule has 1 amide bonds. The first-order valence-corrected chi connectivity index (χ1v) is 8.29. The molecule has 122 valence electrons. The van der Waals surface area contributed by atoms with E-state index in [1.165, 1.54) is 17.4 Å². The van der Waals surface area contributed by atoms with Crippen molar-refractivity contribution in [2.45, 2.75) is 0 Å². The molecule has 1 N–H and O–H groups in total. The van der Waals surface area contributed by atoms with Crippen molar-refractivity contribution in [1.82, 2.24) is 9.97 Å². The van der Waals surface area contributed by atoms with E-state index in [4.69, 9.17) is 4.42 Å². The lowest BCUT2D eigenvalue weighted by Gasteiger charge is -2.02. The second-order valence-electron chi connectivity index (χ2n) is 5.21. The van der Waals surface area contributed by atoms with E-state index >= 15 is 0 Å². The lowest BCUT2D eigenvalue weighted by atomic mass is 10.2. The van der Waals surface area contributed by atoms with Crippen LogP contribution in [0.3, 0.4) is 0 Å². The third kappa shape index (κ3) is 3.05. The molecule has 3 aromatic heterocycles. The fourth-order valence-electron chi connectivity index (χ4n) is 2.37. The Kier molecular flexibility index (Phi) is 3.83. The summed E-state index contributed by atoms with van der Waals surface area (Å²) >= 11 is 1.28. The first-order chi connectivity index (χ1) is 12.2. The molecule has 0 unspecified atom stereocenters. The number of benzene rings is 1. The first-order valence-electron chi connectivity index (χ1n) is 7.41. The summed E-state index contributed by atoms with van der Waals surface area (Å²) < 4.78 is 5.19. The molecule has 0 saturated heterocycles. The number of pyridine rings is 1. The van der Waals surface area contributed by atoms with Gasteiger partial charge in [-0.3, -0.25) is 15.1 Å². The van der Waals surface area contributed by atoms with Gasteiger partial charge >= 0.3 is 5.63 Å². The van der Waals surface area contributed by atoms with Crippen molar-refractivity contribution in [2.75, 3.05) is 5.32 Å². The summed E-state index contributed by atoms with van der Waals surface area (Å²) in [6, 6.07) is 12.2. The van der Waals surface area contributed by atoms with Crippen LogP contribution in [-0.2, 0) is 0 Å². The quantitative estimate of drug-likeness (QED) is 0.572. The van der Waals surface area contributed by atoms with Gasteiger partial charge in [0, 0.05) is 28.7 Å². The summed E-state index contributed by atoms with van der Waals surface area (Å²) in [5.41, 5.74) is 1.34. The number of para-hydroxylation sites is 1. The zero-order chi connectivity index (χ0) is 17.2. The molecule has 0 aliphatic heterocycles. The molecule has 4 aromatic rings. The molecule has 0 radical (unpaired) electrons. The van der Waals surface area contributed by atoms with Crippen LogP contribution in [0, 0.1) is 0 Å². The van der Waals surface area contributed by atoms with Crippen LogP contribution in [-0.4, -0.2) is 15.9 Å². The number of hydrogen-bond donors (Lipinski definition) is 1. The molecule has 25 heavy (non-hydrogen) atoms. The summed E-state index contributed by atoms with van der Waals surface area (Å²) in [6.07, 6.45) is 3.35. The fraction of sp³-hybridized carbons (Fsp3) is 0. The van der Waals surface area contributed by atoms with Crippen LogP contribution < -0.4 is 10.9 Å². The normalized spacial score (nSPS) is 10.7. The Morgan fingerprint density at radius 2 is 1.92 bits per heavy atom. The number of nitrogens with zero attached hydrogens (tertiary/aromatic N) is 2. The molecule has 0 atom stereocenters. The van der Waals surface area contributed by atoms with E-state index in [0.29, 0.717) is 16.1 Å². The number of carbonyl (C=O) groups is 1. The van der Waals surface area contributed by atoms with Crippen LogP contribution in [0.15, 0.2) is 69.5 Å². The van der Waals surface area contributed by atoms with Gasteiger partial charge in [0.15, 0.2) is 5.13 Å². The molecular weight excluding hydrogens is 338 g/mol. The summed E-state index contributed by atoms with van der Waals surface area (Å²) in [5.74, 6) is -0.546. The van der Waals surface area contributed by atoms with Crippen molar-refractivity contribution in [2.24, 2.45) is 0 Å². The molecule has 0 saturated carbocycles. The molecular formula is C18H11N3O3S. The minimum atomic E-state index is -0.679. The van der Waals surface area contributed by atoms with Crippen molar-refractivity contribution < 1.29 is 9.21 Å². The largest absolute Gasteiger partial charge is 0.422 e. The summed E-state index contributed by atoms with van der Waals surface area (Å²) in [6.45, 7) is 0. The number of anilines is 1. The molecule has 0 fully saturated rings. The second kappa shape index (κ2) is 6.29. The van der Waals surface area contributed by atoms with E-state index in [1.54, 1.807) is 30.6 Å². The van der Waals surface area contributed by atoms with Gasteiger partial charge in [0.2, 0.25) is 0 Å². The Labute approximate surface area is 145 Å². The Morgan fingerprint density at radius 1 is 1.12 bits per heavy atom. The lowest BCUT2D eigenvalue weighted by Crippen LogP contribution is -2.20. The third-order valence-electron chi connectivity index (χ3n) is 3.59. The highest BCUT2D eigenvalue weighted by atomic mass is 32.1. The van der Waals surface area contributed by atoms with E-state index in [9.17, 15) is 9.59 Å². The topological polar surface area (TPSA) is 85.1 Å². The fourth-order valence-corrected chi connectivity index (χ4v) is 3.09. The number of thiazole rings is 1. The molecule has 1 aromatic carbocycles. The number of hydrogen-bond acceptors (Lipinski definition) is 6. The standard InChI is InChI=1S/C18H11N3O3S/c22-16(13-9-12-3-1-2-4-15(12)24-17(13)23)21-18-20-14(10-25-18)11-5-7-19-8-6-11/h1-10H,(H,20,21,22). The van der Waals surface area contributed by atoms with Crippen LogP contribution in [0.1, 0.15) is 10.4 Å². The summed E-state index contributed by atoms with van der Waals surface area (Å²) in [4.78, 5) is 32.8. The van der Waals surface area contributed by atoms with E-state index < -0.39 is 11.5 Å². The van der Waals surface area contributed by atoms with Crippen molar-refractivity contribution in [3.8, 4) is 11.3 Å². The van der Waals surface area contributed by atoms with Crippen LogP contribution in [0.4, 0.5) is 5.13 Å². The number of carbonyl (C=O) groups excluding carboxylic acids is 1. The van der Waals surface area contributed by atoms with Crippen molar-refractivity contribution in [3.05, 3.63) is 76.2 Å². The molecule has 0 aliphatic rings. The van der Waals surface area contributed by atoms with Gasteiger partial charge in [0.1, 0.15) is 11.1 Å². The maximum atomic E-state index is 12.4. The van der Waals surface area contributed by atoms with Crippen LogP contribution in [0.5, 0.6) is 0 Å². The Hall–Kier alpha value is -3.32. The van der Waals surface area contributed by atoms with Gasteiger partial charge < -0.3 is 4.42 Å². The van der Waals surface area contributed by atoms with Crippen molar-refractivity contribution in [3.63, 3.8) is 0 Å². The zero-order valence-corrected chi connectivity index (χ0v) is 13.6. The predicted molar refractivity (Wildman–Crippen MR) is 95.8 cm³/mol. The Bertz CT molecular complexity index is 1120. The molecule has 6 nitrogen and oxygen atoms in total. The van der Waals surface area contributed by atoms with Gasteiger partial charge in [0.25, 0.3) is 5.91 Å². The van der Waals surface area contributed by atoms with Gasteiger partial charge in [-0.15, -0.1) is 11.3 Å². The summed E-state index contributed by atoms with van der Waals surface area (Å²) in [5, 5.41) is 5.56. The van der Waals surface area contributed by atoms with Gasteiger partial charge in [-0.2, -0.15) is 0 Å². The maximum absolute atomic E-state index is 12.4. The third-order valence-corrected chi connectivity index (χ3v) is 4.34. The summed E-state index contributed by atoms with van der Waals surface area (Å²) in [7, 11) is 0. The average molecular weight is 349 g/mol. The van der Waals surface area contributed by atoms with E-state index in [1.807, 2.05) is 23.6 Å². The molecule has 0 aliphatic carbocycles. The molecule has 0 spiro atoms. The first kappa shape index (κ1) is 15.2. The Morgan fingerprint density at radius 3 is 2.76 bits per heavy atom. The lowest BCUT2D eigenvalue weighted by molar-refractivity contribution is 0.102. The second-order valence-corrected chi connectivity index (χ2v) is 6.07. The van der Waals surface area contributed by atoms with Gasteiger partial charge in [-0.05, 0) is 24.3 Å². The van der Waals surface area contributed by atoms with Crippen molar-refractivity contribution in [1.29, 1.82) is 0 Å². The SMILES string of the molecule is O=C(Nc1nc(-c2ccncc2)cs1)c1cc2ccccc2oc1=O. The van der Waals surface area contributed by atoms with E-state index in [2.05, 4.69) is 15.3 Å². The van der Waals surface area contributed by atoms with Gasteiger partial charge in [0.05, 0.1) is 5.69 Å². The predicted octanol–water partition coefficient (Wildman–Crippen LogP) is 3.56. The minimum Gasteiger partial charge on any atom is -0.422 e. The highest BCUT2D eigenvalue weighted by Gasteiger charge is 2.15. The number of nitrogens with one attached hydrogen (secondary N) is 1. The van der Waals surface area contributed by atoms with Crippen LogP contribution >= 0.6 is 11.3 Å². The Balaban J connectivity index is 1.61. The average Bonchev–Trinajstić information content (AvgIpc) is 3.10. The molecule has 4 rings (SSSR count). The van der Waals surface area contributed by atoms with Gasteiger partial charge in [-0.25, -0.2) is 9.78 Å². The highest BCUT2D eigenvalue weighted by molar-refractivity contribution is 7.14. The number of aromatic nitrogens is 2. The van der Waals surface area contributed by atoms with Crippen LogP contribution in [0.2, 0.25) is 0 Å². The number of rotatable bonds is 3. The van der Waals surface area contributed by atoms with Crippen LogP contribution in [0.25, 0.3) is 22.2 Å². The maximum Gasteiger partial charge on any atom is 0.349 e. The van der Waals surface area contributed by atoms with E-state index in [0.717, 1.165) is 11.3 Å². The minimum absolute atomic E-state index is 0.0561. The van der Waals surface area contributed by atoms with Crippen molar-refractivity contribution >= 4 is 33.3 Å². The molecule has 3 heterocycles. The van der Waals surface area contributed by atoms with Gasteiger partial charge in [-0.1, -0.05) is 18.2 Å². The number of amides is 1. The van der Waals surface area contributed by atoms with E-state index in [-0.39, 0.29) is 5.56 Å². The highest BCUT2D eigenvalue weighted by Crippen LogP contribution is 2.24. The monoisotopic (exact) mass is 349 g/mol. The zero-order valence-electron chi connectivity index (χ0n) is 12.8. The molecule has 0 bridgehead atoms. The smallest absolute Gasteiger partial charge is 0.349 e.